The lowest BCUT2D eigenvalue weighted by Gasteiger charge is -2.32. The molecule has 124 heavy (non-hydrogen) atoms. The lowest BCUT2D eigenvalue weighted by atomic mass is 9.87. The maximum absolute atomic E-state index is 13.3. The second-order valence-corrected chi connectivity index (χ2v) is 33.3. The number of aromatic nitrogens is 5. The maximum Gasteiger partial charge on any atom is 0.340 e. The Morgan fingerprint density at radius 1 is 0.508 bits per heavy atom. The smallest absolute Gasteiger partial charge is 0.340 e. The zero-order valence-corrected chi connectivity index (χ0v) is 75.5. The van der Waals surface area contributed by atoms with Crippen LogP contribution >= 0.6 is 93.6 Å². The van der Waals surface area contributed by atoms with Crippen LogP contribution in [0.25, 0.3) is 0 Å². The van der Waals surface area contributed by atoms with Crippen molar-refractivity contribution in [1.82, 2.24) is 56.0 Å². The molecule has 34 heteroatoms. The number of pyridine rings is 5. The normalized spacial score (nSPS) is 20.7. The molecule has 3 aliphatic heterocycles. The van der Waals surface area contributed by atoms with Crippen molar-refractivity contribution in [3.63, 3.8) is 0 Å². The van der Waals surface area contributed by atoms with E-state index in [1.165, 1.54) is 27.1 Å². The summed E-state index contributed by atoms with van der Waals surface area (Å²) in [5.74, 6) is -2.95. The van der Waals surface area contributed by atoms with E-state index in [0.717, 1.165) is 131 Å². The van der Waals surface area contributed by atoms with Gasteiger partial charge in [-0.1, -0.05) is 66.8 Å². The van der Waals surface area contributed by atoms with Crippen LogP contribution in [0.15, 0.2) is 147 Å². The van der Waals surface area contributed by atoms with Crippen molar-refractivity contribution in [1.29, 1.82) is 5.26 Å². The number of halogens is 8. The zero-order valence-electron chi connectivity index (χ0n) is 69.4. The average molecular weight is 1860 g/mol. The van der Waals surface area contributed by atoms with Gasteiger partial charge in [0.1, 0.15) is 12.1 Å². The van der Waals surface area contributed by atoms with Crippen molar-refractivity contribution in [3.05, 3.63) is 251 Å². The standard InChI is InChI=1S/C23H26ClN3O3.C22H25ClN4O3.C14H19ClN2O.C10H10N2.C9H9NO3.C8H7NO.C2H4O2.2CH2Cl2.ClH/c1-2-15-5-6-18(24)12-17(15)13-26-21(28)20-4-3-11-27(20)22(29)23(30)9-7-16-8-10-25-14-19(16)23;23-17-4-3-15(11-24)16(10-17)12-26-20(28)19-2-1-9-27(19)21(29)22(30)7-5-14-6-8-25-13-18(14)22;1-2-10-5-6-12(15)8-11(10)9-17-14(18)13-4-3-7-16-13;1-10(7-11)4-2-8-3-5-12-6-9(8)10;11-8(12)9(13)3-1-6-2-4-10-5-7(6)9;10-8-2-1-6-3-4-9-5-7(6)8;1-2(3)4;2*2-1-3;/h5-6,8,10,12,14,20,30H,2-4,7,9,11,13H2,1H3,(H,26,28);3-4,6,8,10,13,19,30H,1-2,5,7,9,11-12,24H2,(H,26,28);5-6,8,13,16H,2-4,7,9H2,1H3,(H,17,18);3,5-6H,2,4H2,1H3;2,4-5,13H,1,3H2,(H,11,12);3-5H,1-2H2;1H3,(H,3,4);2*1H2;1H/t20-,23?;19-,22?;13-;;;;;;;/m000......./s1. The summed E-state index contributed by atoms with van der Waals surface area (Å²) >= 11 is 37.2. The number of carboxylic acid groups (broad SMARTS) is 2. The van der Waals surface area contributed by atoms with Crippen LogP contribution < -0.4 is 27.0 Å². The predicted octanol–water partition coefficient (Wildman–Crippen LogP) is 13.3. The topological polar surface area (TPSA) is 407 Å². The zero-order chi connectivity index (χ0) is 89.6. The molecule has 0 radical (unpaired) electrons. The molecule has 3 saturated heterocycles. The molecule has 7 atom stereocenters. The van der Waals surface area contributed by atoms with E-state index in [1.54, 1.807) is 67.8 Å². The molecule has 0 spiro atoms. The number of carbonyl (C=O) groups is 8. The summed E-state index contributed by atoms with van der Waals surface area (Å²) in [6.45, 7) is 10.6. The summed E-state index contributed by atoms with van der Waals surface area (Å²) < 4.78 is 0. The number of aliphatic hydroxyl groups is 3. The number of carbonyl (C=O) groups excluding carboxylic acids is 6. The third kappa shape index (κ3) is 26.6. The number of nitrogens with zero attached hydrogens (tertiary/aromatic N) is 8. The van der Waals surface area contributed by atoms with Crippen LogP contribution in [-0.4, -0.2) is 156 Å². The highest BCUT2D eigenvalue weighted by Crippen LogP contribution is 2.42. The van der Waals surface area contributed by atoms with Gasteiger partial charge in [-0.15, -0.1) is 58.8 Å². The Kier molecular flexibility index (Phi) is 40.5. The Morgan fingerprint density at radius 3 is 1.26 bits per heavy atom. The van der Waals surface area contributed by atoms with E-state index in [4.69, 9.17) is 107 Å². The molecule has 5 aromatic heterocycles. The van der Waals surface area contributed by atoms with E-state index in [0.29, 0.717) is 117 Å². The lowest BCUT2D eigenvalue weighted by Crippen LogP contribution is -2.52. The fourth-order valence-electron chi connectivity index (χ4n) is 16.1. The predicted molar refractivity (Wildman–Crippen MR) is 480 cm³/mol. The van der Waals surface area contributed by atoms with Crippen molar-refractivity contribution < 1.29 is 63.9 Å². The highest BCUT2D eigenvalue weighted by molar-refractivity contribution is 6.41. The van der Waals surface area contributed by atoms with Crippen molar-refractivity contribution in [3.8, 4) is 6.07 Å². The second kappa shape index (κ2) is 49.2. The molecule has 8 aromatic rings. The Balaban J connectivity index is 0.000000208. The molecule has 5 aliphatic carbocycles. The Hall–Kier alpha value is -9.02. The van der Waals surface area contributed by atoms with E-state index < -0.39 is 52.6 Å². The molecular formula is C90H105Cl8N13O13. The number of hydrogen-bond acceptors (Lipinski definition) is 19. The van der Waals surface area contributed by atoms with Gasteiger partial charge in [0.2, 0.25) is 17.7 Å². The second-order valence-electron chi connectivity index (χ2n) is 30.4. The fourth-order valence-corrected chi connectivity index (χ4v) is 16.7. The van der Waals surface area contributed by atoms with Crippen LogP contribution in [0.5, 0.6) is 0 Å². The SMILES string of the molecule is CC(=O)O.CC1(C#N)CCc2ccncc21.CCc1ccc(Cl)cc1CNC(=O)[C@@H]1CCCN1.CCc1ccc(Cl)cc1CNC(=O)[C@@H]1CCCN1C(=O)C1(O)CCc2ccncc21.Cl.ClCCl.ClCCl.NCc1ccc(Cl)cc1CNC(=O)[C@@H]1CCCN1C(=O)C1(O)CCc2ccncc21.O=C(O)C1(O)CCc2ccncc21.O=C1CCc2ccncc21. The van der Waals surface area contributed by atoms with Gasteiger partial charge in [-0.05, 0) is 256 Å². The Morgan fingerprint density at radius 2 is 0.871 bits per heavy atom. The van der Waals surface area contributed by atoms with Gasteiger partial charge in [0.25, 0.3) is 17.8 Å². The summed E-state index contributed by atoms with van der Waals surface area (Å²) in [5, 5.41) is 71.8. The first-order valence-electron chi connectivity index (χ1n) is 40.6. The monoisotopic (exact) mass is 1860 g/mol. The summed E-state index contributed by atoms with van der Waals surface area (Å²) in [6, 6.07) is 27.4. The van der Waals surface area contributed by atoms with E-state index in [-0.39, 0.29) is 71.0 Å². The first-order valence-corrected chi connectivity index (χ1v) is 43.9. The summed E-state index contributed by atoms with van der Waals surface area (Å²) in [6.07, 6.45) is 29.1. The number of nitrogens with one attached hydrogen (secondary N) is 4. The molecule has 16 rings (SSSR count). The van der Waals surface area contributed by atoms with Crippen LogP contribution in [0.2, 0.25) is 15.1 Å². The number of aliphatic carboxylic acids is 2. The number of amides is 5. The number of likely N-dealkylation sites (tertiary alicyclic amines) is 2. The molecule has 11 N–H and O–H groups in total. The van der Waals surface area contributed by atoms with E-state index in [9.17, 15) is 48.9 Å². The highest BCUT2D eigenvalue weighted by Gasteiger charge is 2.51. The molecule has 3 fully saturated rings. The number of hydrogen-bond donors (Lipinski definition) is 10. The molecule has 4 unspecified atom stereocenters. The van der Waals surface area contributed by atoms with Gasteiger partial charge in [-0.2, -0.15) is 5.26 Å². The minimum Gasteiger partial charge on any atom is -0.481 e. The number of aryl methyl sites for hydroxylation is 7. The average Bonchev–Trinajstić information content (AvgIpc) is 1.60. The third-order valence-electron chi connectivity index (χ3n) is 22.7. The van der Waals surface area contributed by atoms with Gasteiger partial charge in [-0.25, -0.2) is 4.79 Å². The molecule has 0 bridgehead atoms. The summed E-state index contributed by atoms with van der Waals surface area (Å²) in [5.41, 5.74) is 15.4. The fraction of sp³-hybridized carbons (Fsp3) is 0.422. The van der Waals surface area contributed by atoms with Gasteiger partial charge in [0.05, 0.1) is 28.2 Å². The van der Waals surface area contributed by atoms with Crippen LogP contribution in [0.3, 0.4) is 0 Å². The van der Waals surface area contributed by atoms with Crippen molar-refractivity contribution >= 4 is 141 Å². The Labute approximate surface area is 763 Å². The molecule has 3 aromatic carbocycles. The van der Waals surface area contributed by atoms with Crippen molar-refractivity contribution in [2.24, 2.45) is 5.73 Å². The summed E-state index contributed by atoms with van der Waals surface area (Å²) in [4.78, 5) is 118. The number of Topliss-reactive ketones (excluding diaryl/α,β-unsaturated/α-hetero) is 1. The number of benzene rings is 3. The molecule has 8 heterocycles. The quantitative estimate of drug-likeness (QED) is 0.0426. The molecule has 0 saturated carbocycles. The number of ketones is 1. The minimum absolute atomic E-state index is 0. The highest BCUT2D eigenvalue weighted by atomic mass is 35.5. The molecular weight excluding hydrogens is 1750 g/mol. The number of fused-ring (bicyclic) bond motifs is 5. The van der Waals surface area contributed by atoms with Gasteiger partial charge in [0.15, 0.2) is 22.6 Å². The molecule has 26 nitrogen and oxygen atoms in total. The van der Waals surface area contributed by atoms with Crippen LogP contribution in [0.4, 0.5) is 0 Å². The number of nitriles is 1. The van der Waals surface area contributed by atoms with Crippen molar-refractivity contribution in [2.45, 2.75) is 210 Å². The van der Waals surface area contributed by atoms with Gasteiger partial charge < -0.3 is 62.3 Å². The number of rotatable bonds is 15. The van der Waals surface area contributed by atoms with Gasteiger partial charge in [-0.3, -0.25) is 58.5 Å². The first-order chi connectivity index (χ1) is 58.9. The number of nitrogens with two attached hydrogens (primary N) is 1. The Bertz CT molecular complexity index is 4890. The van der Waals surface area contributed by atoms with Gasteiger partial charge >= 0.3 is 5.97 Å². The van der Waals surface area contributed by atoms with E-state index in [2.05, 4.69) is 66.1 Å². The van der Waals surface area contributed by atoms with Crippen LogP contribution in [0, 0.1) is 11.3 Å². The van der Waals surface area contributed by atoms with Crippen LogP contribution in [0.1, 0.15) is 192 Å². The van der Waals surface area contributed by atoms with Crippen LogP contribution in [-0.2, 0) is 127 Å². The number of carboxylic acids is 2. The number of alkyl halides is 4. The van der Waals surface area contributed by atoms with Gasteiger partial charge in [0, 0.05) is 152 Å². The van der Waals surface area contributed by atoms with E-state index >= 15 is 0 Å². The largest absolute Gasteiger partial charge is 0.481 e. The van der Waals surface area contributed by atoms with E-state index in [1.807, 2.05) is 79.9 Å². The molecule has 664 valence electrons. The molecule has 5 amide bonds. The maximum atomic E-state index is 13.3. The lowest BCUT2D eigenvalue weighted by molar-refractivity contribution is -0.159. The molecule has 8 aliphatic rings. The third-order valence-corrected chi connectivity index (χ3v) is 23.4. The van der Waals surface area contributed by atoms with Crippen molar-refractivity contribution in [2.75, 3.05) is 30.3 Å². The minimum atomic E-state index is -1.72. The first kappa shape index (κ1) is 102. The summed E-state index contributed by atoms with van der Waals surface area (Å²) in [7, 11) is 0.